The molecule has 3 aromatic heterocycles. The molecule has 348 valence electrons. The molecule has 0 radical (unpaired) electrons. The van der Waals surface area contributed by atoms with Crippen LogP contribution < -0.4 is 0 Å². The summed E-state index contributed by atoms with van der Waals surface area (Å²) in [5.74, 6) is 0.876. The molecule has 0 aliphatic rings. The summed E-state index contributed by atoms with van der Waals surface area (Å²) in [6, 6.07) is 42.9. The molecule has 0 saturated heterocycles. The van der Waals surface area contributed by atoms with Gasteiger partial charge < -0.3 is 9.13 Å². The molecule has 3 heterocycles. The van der Waals surface area contributed by atoms with Gasteiger partial charge in [0.1, 0.15) is 0 Å². The monoisotopic (exact) mass is 958 g/mol. The van der Waals surface area contributed by atoms with E-state index in [0.717, 1.165) is 42.0 Å². The largest absolute Gasteiger partial charge is 0.416 e. The van der Waals surface area contributed by atoms with Crippen molar-refractivity contribution in [1.29, 1.82) is 0 Å². The lowest BCUT2D eigenvalue weighted by Gasteiger charge is -2.21. The van der Waals surface area contributed by atoms with E-state index in [1.54, 1.807) is 47.0 Å². The van der Waals surface area contributed by atoms with E-state index >= 15 is 0 Å². The molecule has 0 atom stereocenters. The SMILES string of the molecule is [C-]#[N+]c1cccc(-n2c3ccc(C(F)(F)F)cc3c3cc(C(F)(F)F)ccc32)c1-c1cc(-c2nc(-c3ccccc3)nc(-c3ccccc3)n2)ccc1-n1c2ccc(C)cc2c2cc(C(F)(F)F)ccc21. The van der Waals surface area contributed by atoms with Crippen molar-refractivity contribution >= 4 is 49.3 Å². The second-order valence-electron chi connectivity index (χ2n) is 16.9. The van der Waals surface area contributed by atoms with Crippen molar-refractivity contribution in [2.45, 2.75) is 25.5 Å². The van der Waals surface area contributed by atoms with Crippen LogP contribution in [0.15, 0.2) is 170 Å². The molecule has 6 nitrogen and oxygen atoms in total. The highest BCUT2D eigenvalue weighted by atomic mass is 19.4. The van der Waals surface area contributed by atoms with Gasteiger partial charge in [-0.25, -0.2) is 19.8 Å². The third kappa shape index (κ3) is 7.77. The summed E-state index contributed by atoms with van der Waals surface area (Å²) >= 11 is 0. The molecule has 11 aromatic rings. The average molecular weight is 959 g/mol. The maximum Gasteiger partial charge on any atom is 0.416 e. The van der Waals surface area contributed by atoms with Crippen molar-refractivity contribution in [3.63, 3.8) is 0 Å². The number of benzene rings is 8. The Labute approximate surface area is 397 Å². The van der Waals surface area contributed by atoms with Crippen LogP contribution in [0.1, 0.15) is 22.3 Å². The quantitative estimate of drug-likeness (QED) is 0.123. The minimum absolute atomic E-state index is 0.0382. The van der Waals surface area contributed by atoms with Gasteiger partial charge in [-0.05, 0) is 103 Å². The van der Waals surface area contributed by atoms with Crippen LogP contribution in [0.5, 0.6) is 0 Å². The Balaban J connectivity index is 1.27. The molecule has 11 rings (SSSR count). The maximum absolute atomic E-state index is 14.4. The predicted molar refractivity (Wildman–Crippen MR) is 256 cm³/mol. The normalized spacial score (nSPS) is 12.4. The Bertz CT molecular complexity index is 3850. The molecule has 71 heavy (non-hydrogen) atoms. The molecular formula is C56H31F9N6. The molecular weight excluding hydrogens is 928 g/mol. The molecule has 0 N–H and O–H groups in total. The van der Waals surface area contributed by atoms with Crippen LogP contribution in [-0.2, 0) is 18.5 Å². The molecule has 15 heteroatoms. The Morgan fingerprint density at radius 2 is 0.831 bits per heavy atom. The van der Waals surface area contributed by atoms with Gasteiger partial charge >= 0.3 is 18.5 Å². The van der Waals surface area contributed by atoms with Crippen LogP contribution in [0, 0.1) is 13.5 Å². The zero-order valence-electron chi connectivity index (χ0n) is 36.8. The van der Waals surface area contributed by atoms with Crippen molar-refractivity contribution in [3.8, 4) is 56.7 Å². The number of alkyl halides is 9. The molecule has 0 fully saturated rings. The zero-order chi connectivity index (χ0) is 49.6. The van der Waals surface area contributed by atoms with Crippen LogP contribution in [0.2, 0.25) is 0 Å². The van der Waals surface area contributed by atoms with Crippen LogP contribution in [0.4, 0.5) is 45.2 Å². The number of aryl methyl sites for hydroxylation is 1. The predicted octanol–water partition coefficient (Wildman–Crippen LogP) is 16.6. The number of hydrogen-bond donors (Lipinski definition) is 0. The van der Waals surface area contributed by atoms with E-state index in [-0.39, 0.29) is 50.0 Å². The van der Waals surface area contributed by atoms with Crippen molar-refractivity contribution in [3.05, 3.63) is 204 Å². The van der Waals surface area contributed by atoms with Crippen molar-refractivity contribution in [2.24, 2.45) is 0 Å². The van der Waals surface area contributed by atoms with E-state index in [9.17, 15) is 39.5 Å². The van der Waals surface area contributed by atoms with Crippen molar-refractivity contribution in [1.82, 2.24) is 24.1 Å². The van der Waals surface area contributed by atoms with Gasteiger partial charge in [0, 0.05) is 49.5 Å². The smallest absolute Gasteiger partial charge is 0.310 e. The highest BCUT2D eigenvalue weighted by Crippen LogP contribution is 2.48. The first kappa shape index (κ1) is 44.7. The fraction of sp³-hybridized carbons (Fsp3) is 0.0714. The Morgan fingerprint density at radius 3 is 1.28 bits per heavy atom. The van der Waals surface area contributed by atoms with Crippen LogP contribution in [-0.4, -0.2) is 24.1 Å². The summed E-state index contributed by atoms with van der Waals surface area (Å²) in [6.07, 6.45) is -14.4. The van der Waals surface area contributed by atoms with E-state index in [2.05, 4.69) is 4.85 Å². The fourth-order valence-electron chi connectivity index (χ4n) is 9.30. The number of halogens is 9. The molecule has 0 amide bonds. The molecule has 0 spiro atoms. The van der Waals surface area contributed by atoms with Gasteiger partial charge in [0.15, 0.2) is 23.2 Å². The highest BCUT2D eigenvalue weighted by Gasteiger charge is 2.35. The molecule has 0 saturated carbocycles. The lowest BCUT2D eigenvalue weighted by Crippen LogP contribution is -2.05. The molecule has 0 aliphatic heterocycles. The number of fused-ring (bicyclic) bond motifs is 6. The summed E-state index contributed by atoms with van der Waals surface area (Å²) in [6.45, 7) is 10.4. The molecule has 0 unspecified atom stereocenters. The first-order valence-corrected chi connectivity index (χ1v) is 21.8. The summed E-state index contributed by atoms with van der Waals surface area (Å²) in [5, 5.41) is 0.535. The molecule has 0 bridgehead atoms. The lowest BCUT2D eigenvalue weighted by molar-refractivity contribution is -0.138. The summed E-state index contributed by atoms with van der Waals surface area (Å²) in [4.78, 5) is 18.6. The van der Waals surface area contributed by atoms with Crippen LogP contribution in [0.3, 0.4) is 0 Å². The van der Waals surface area contributed by atoms with Crippen LogP contribution in [0.25, 0.3) is 105 Å². The van der Waals surface area contributed by atoms with Gasteiger partial charge in [-0.15, -0.1) is 0 Å². The summed E-state index contributed by atoms with van der Waals surface area (Å²) in [7, 11) is 0. The third-order valence-corrected chi connectivity index (χ3v) is 12.5. The van der Waals surface area contributed by atoms with Crippen molar-refractivity contribution in [2.75, 3.05) is 0 Å². The number of aromatic nitrogens is 5. The number of nitrogens with zero attached hydrogens (tertiary/aromatic N) is 6. The number of rotatable bonds is 6. The maximum atomic E-state index is 14.4. The number of hydrogen-bond acceptors (Lipinski definition) is 3. The minimum atomic E-state index is -4.84. The standard InChI is InChI=1S/C56H31F9N6/c1-31-16-21-44-38(26-31)39-28-35(54(57,58)59)18-23-45(39)70(44)48-22-17-34(53-68-51(32-10-5-3-6-11-32)67-52(69-53)33-12-7-4-8-13-33)27-42(48)50-43(66-2)14-9-15-49(50)71-46-24-19-36(55(60,61)62)29-40(46)41-30-37(56(63,64)65)20-25-47(41)71/h3-30H,1H3. The molecule has 0 aliphatic carbocycles. The Kier molecular flexibility index (Phi) is 10.4. The van der Waals surface area contributed by atoms with E-state index in [1.165, 1.54) is 28.8 Å². The zero-order valence-corrected chi connectivity index (χ0v) is 36.8. The fourth-order valence-corrected chi connectivity index (χ4v) is 9.30. The second-order valence-corrected chi connectivity index (χ2v) is 16.9. The van der Waals surface area contributed by atoms with Gasteiger partial charge in [-0.1, -0.05) is 84.4 Å². The van der Waals surface area contributed by atoms with Crippen molar-refractivity contribution < 1.29 is 39.5 Å². The van der Waals surface area contributed by atoms with Crippen LogP contribution >= 0.6 is 0 Å². The summed E-state index contributed by atoms with van der Waals surface area (Å²) in [5.41, 5.74) is 1.75. The van der Waals surface area contributed by atoms with Gasteiger partial charge in [0.25, 0.3) is 0 Å². The first-order chi connectivity index (χ1) is 34.0. The van der Waals surface area contributed by atoms with Gasteiger partial charge in [-0.2, -0.15) is 39.5 Å². The van der Waals surface area contributed by atoms with Gasteiger partial charge in [-0.3, -0.25) is 0 Å². The van der Waals surface area contributed by atoms with E-state index < -0.39 is 35.2 Å². The van der Waals surface area contributed by atoms with E-state index in [1.807, 2.05) is 73.7 Å². The summed E-state index contributed by atoms with van der Waals surface area (Å²) < 4.78 is 132. The Hall–Kier alpha value is -8.77. The minimum Gasteiger partial charge on any atom is -0.310 e. The lowest BCUT2D eigenvalue weighted by atomic mass is 9.96. The second kappa shape index (κ2) is 16.4. The first-order valence-electron chi connectivity index (χ1n) is 21.8. The highest BCUT2D eigenvalue weighted by molar-refractivity contribution is 6.12. The van der Waals surface area contributed by atoms with E-state index in [0.29, 0.717) is 56.0 Å². The Morgan fingerprint density at radius 1 is 0.408 bits per heavy atom. The third-order valence-electron chi connectivity index (χ3n) is 12.5. The molecule has 8 aromatic carbocycles. The van der Waals surface area contributed by atoms with Gasteiger partial charge in [0.2, 0.25) is 0 Å². The topological polar surface area (TPSA) is 52.9 Å². The average Bonchev–Trinajstić information content (AvgIpc) is 3.86. The van der Waals surface area contributed by atoms with E-state index in [4.69, 9.17) is 21.5 Å². The van der Waals surface area contributed by atoms with Gasteiger partial charge in [0.05, 0.1) is 51.0 Å².